The maximum absolute atomic E-state index is 8.52. The number of hydrogen-bond donors (Lipinski definition) is 0. The van der Waals surface area contributed by atoms with Crippen molar-refractivity contribution in [2.45, 2.75) is 0 Å². The van der Waals surface area contributed by atoms with E-state index in [4.69, 9.17) is 17.5 Å². The third kappa shape index (κ3) is 19.5. The maximum atomic E-state index is 8.52. The zero-order valence-corrected chi connectivity index (χ0v) is 9.77. The lowest BCUT2D eigenvalue weighted by atomic mass is 11.0. The molecule has 2 heterocycles. The molecular weight excluding hydrogens is 260 g/mol. The van der Waals surface area contributed by atoms with Gasteiger partial charge in [-0.05, 0) is 0 Å². The average Bonchev–Trinajstić information content (AvgIpc) is 2.81. The Morgan fingerprint density at radius 1 is 0.933 bits per heavy atom. The second-order valence-electron chi connectivity index (χ2n) is 1.85. The summed E-state index contributed by atoms with van der Waals surface area (Å²) < 4.78 is 34.1. The van der Waals surface area contributed by atoms with E-state index in [9.17, 15) is 0 Å². The third-order valence-electron chi connectivity index (χ3n) is 0.758. The second kappa shape index (κ2) is 8.44. The monoisotopic (exact) mass is 268 g/mol. The Labute approximate surface area is 94.9 Å². The van der Waals surface area contributed by atoms with Gasteiger partial charge in [0.2, 0.25) is 11.0 Å². The highest BCUT2D eigenvalue weighted by atomic mass is 32.3. The number of nitrogens with one attached hydrogen (secondary N) is 2. The van der Waals surface area contributed by atoms with Crippen LogP contribution < -0.4 is 9.97 Å². The second-order valence-corrected chi connectivity index (χ2v) is 4.23. The smallest absolute Gasteiger partial charge is 0.222 e. The summed E-state index contributed by atoms with van der Waals surface area (Å²) in [7, 11) is -5.17. The average molecular weight is 268 g/mol. The number of hydrogen-bond acceptors (Lipinski definition) is 6. The van der Waals surface area contributed by atoms with Crippen LogP contribution in [0.3, 0.4) is 0 Å². The molecule has 6 nitrogen and oxygen atoms in total. The fourth-order valence-corrected chi connectivity index (χ4v) is 1.18. The van der Waals surface area contributed by atoms with Gasteiger partial charge in [0.1, 0.15) is 0 Å². The van der Waals surface area contributed by atoms with E-state index < -0.39 is 10.4 Å². The van der Waals surface area contributed by atoms with E-state index in [1.165, 1.54) is 0 Å². The number of rotatable bonds is 0. The molecule has 0 bridgehead atoms. The summed E-state index contributed by atoms with van der Waals surface area (Å²) in [4.78, 5) is 5.76. The largest absolute Gasteiger partial charge is 0.759 e. The van der Waals surface area contributed by atoms with Crippen LogP contribution in [0, 0.1) is 0 Å². The van der Waals surface area contributed by atoms with E-state index in [0.717, 1.165) is 0 Å². The Morgan fingerprint density at radius 2 is 1.27 bits per heavy atom. The highest BCUT2D eigenvalue weighted by molar-refractivity contribution is 7.79. The van der Waals surface area contributed by atoms with Gasteiger partial charge >= 0.3 is 0 Å². The van der Waals surface area contributed by atoms with Gasteiger partial charge in [-0.2, -0.15) is 0 Å². The van der Waals surface area contributed by atoms with Crippen molar-refractivity contribution in [2.24, 2.45) is 0 Å². The normalized spacial score (nSPS) is 9.20. The SMILES string of the molecule is O=S(=O)([O-])[O-].c1csc[nH+]1.c1csc[nH+]1. The number of H-pyrrole nitrogens is 2. The van der Waals surface area contributed by atoms with E-state index in [1.54, 1.807) is 22.7 Å². The van der Waals surface area contributed by atoms with E-state index in [-0.39, 0.29) is 0 Å². The lowest BCUT2D eigenvalue weighted by Gasteiger charge is -2.06. The van der Waals surface area contributed by atoms with Crippen LogP contribution in [0.2, 0.25) is 0 Å². The molecule has 2 N–H and O–H groups in total. The summed E-state index contributed by atoms with van der Waals surface area (Å²) >= 11 is 3.31. The van der Waals surface area contributed by atoms with Crippen LogP contribution >= 0.6 is 22.7 Å². The minimum absolute atomic E-state index is 1.66. The van der Waals surface area contributed by atoms with Crippen LogP contribution in [0.1, 0.15) is 0 Å². The molecule has 0 aliphatic carbocycles. The first-order chi connectivity index (χ1) is 7.00. The zero-order chi connectivity index (χ0) is 11.6. The van der Waals surface area contributed by atoms with Crippen molar-refractivity contribution < 1.29 is 27.5 Å². The van der Waals surface area contributed by atoms with Crippen molar-refractivity contribution in [1.82, 2.24) is 0 Å². The molecule has 0 spiro atoms. The van der Waals surface area contributed by atoms with Crippen molar-refractivity contribution in [2.75, 3.05) is 0 Å². The van der Waals surface area contributed by atoms with Crippen molar-refractivity contribution in [1.29, 1.82) is 0 Å². The Morgan fingerprint density at radius 3 is 1.33 bits per heavy atom. The van der Waals surface area contributed by atoms with E-state index in [0.29, 0.717) is 0 Å². The summed E-state index contributed by atoms with van der Waals surface area (Å²) in [6, 6.07) is 0. The van der Waals surface area contributed by atoms with Gasteiger partial charge in [-0.3, -0.25) is 8.42 Å². The van der Waals surface area contributed by atoms with Crippen LogP contribution in [0.5, 0.6) is 0 Å². The molecule has 0 aliphatic rings. The molecule has 0 amide bonds. The molecule has 0 aliphatic heterocycles. The molecule has 15 heavy (non-hydrogen) atoms. The van der Waals surface area contributed by atoms with Gasteiger partial charge in [0, 0.05) is 10.4 Å². The zero-order valence-electron chi connectivity index (χ0n) is 7.32. The van der Waals surface area contributed by atoms with Crippen molar-refractivity contribution in [3.8, 4) is 0 Å². The molecular formula is C6H8N2O4S3. The maximum Gasteiger partial charge on any atom is 0.222 e. The number of thiazole rings is 2. The van der Waals surface area contributed by atoms with Gasteiger partial charge in [-0.25, -0.2) is 9.97 Å². The topological polar surface area (TPSA) is 109 Å². The van der Waals surface area contributed by atoms with Gasteiger partial charge in [0.25, 0.3) is 0 Å². The Bertz CT molecular complexity index is 329. The molecule has 2 aromatic rings. The Balaban J connectivity index is 0.000000196. The standard InChI is InChI=1S/2C3H3NS.H2O4S/c2*1-2-5-3-4-1;1-5(2,3)4/h2*1-3H;(H2,1,2,3,4). The molecule has 0 fully saturated rings. The quantitative estimate of drug-likeness (QED) is 0.486. The summed E-state index contributed by atoms with van der Waals surface area (Å²) in [6.45, 7) is 0. The first-order valence-corrected chi connectivity index (χ1v) is 6.65. The van der Waals surface area contributed by atoms with Gasteiger partial charge in [0.05, 0.1) is 10.8 Å². The van der Waals surface area contributed by atoms with Gasteiger partial charge < -0.3 is 9.11 Å². The Kier molecular flexibility index (Phi) is 7.95. The van der Waals surface area contributed by atoms with Crippen LogP contribution in [0.25, 0.3) is 0 Å². The minimum Gasteiger partial charge on any atom is -0.759 e. The molecule has 0 saturated heterocycles. The van der Waals surface area contributed by atoms with Crippen LogP contribution in [0.4, 0.5) is 0 Å². The molecule has 2 aromatic heterocycles. The summed E-state index contributed by atoms with van der Waals surface area (Å²) in [6.07, 6.45) is 3.79. The molecule has 84 valence electrons. The number of aromatic nitrogens is 2. The van der Waals surface area contributed by atoms with E-state index in [2.05, 4.69) is 9.97 Å². The van der Waals surface area contributed by atoms with Gasteiger partial charge in [-0.15, -0.1) is 0 Å². The molecule has 2 rings (SSSR count). The molecule has 0 saturated carbocycles. The predicted octanol–water partition coefficient (Wildman–Crippen LogP) is -0.214. The first-order valence-electron chi connectivity index (χ1n) is 3.43. The summed E-state index contributed by atoms with van der Waals surface area (Å²) in [5.74, 6) is 0. The fourth-order valence-electron chi connectivity index (χ4n) is 0.393. The highest BCUT2D eigenvalue weighted by Gasteiger charge is 1.68. The van der Waals surface area contributed by atoms with Crippen LogP contribution in [0.15, 0.2) is 34.2 Å². The minimum atomic E-state index is -5.17. The lowest BCUT2D eigenvalue weighted by molar-refractivity contribution is -0.370. The van der Waals surface area contributed by atoms with E-state index >= 15 is 0 Å². The van der Waals surface area contributed by atoms with E-state index in [1.807, 2.05) is 34.2 Å². The van der Waals surface area contributed by atoms with Crippen LogP contribution in [-0.2, 0) is 10.4 Å². The summed E-state index contributed by atoms with van der Waals surface area (Å²) in [5, 5.41) is 3.97. The fraction of sp³-hybridized carbons (Fsp3) is 0. The van der Waals surface area contributed by atoms with Crippen molar-refractivity contribution in [3.63, 3.8) is 0 Å². The van der Waals surface area contributed by atoms with Crippen LogP contribution in [-0.4, -0.2) is 17.5 Å². The summed E-state index contributed by atoms with van der Waals surface area (Å²) in [5.41, 5.74) is 3.83. The first kappa shape index (κ1) is 14.1. The molecule has 0 radical (unpaired) electrons. The third-order valence-corrected chi connectivity index (χ3v) is 1.89. The molecule has 9 heteroatoms. The molecule has 0 aromatic carbocycles. The van der Waals surface area contributed by atoms with Gasteiger partial charge in [0.15, 0.2) is 12.4 Å². The predicted molar refractivity (Wildman–Crippen MR) is 52.2 cm³/mol. The number of aromatic amines is 2. The van der Waals surface area contributed by atoms with Crippen molar-refractivity contribution in [3.05, 3.63) is 34.2 Å². The highest BCUT2D eigenvalue weighted by Crippen LogP contribution is 1.81. The molecule has 0 atom stereocenters. The Hall–Kier alpha value is -0.870. The van der Waals surface area contributed by atoms with Gasteiger partial charge in [-0.1, -0.05) is 22.7 Å². The van der Waals surface area contributed by atoms with Crippen molar-refractivity contribution >= 4 is 33.1 Å². The molecule has 0 unspecified atom stereocenters. The lowest BCUT2D eigenvalue weighted by Crippen LogP contribution is -1.91.